The summed E-state index contributed by atoms with van der Waals surface area (Å²) in [6, 6.07) is 9.74. The van der Waals surface area contributed by atoms with E-state index in [4.69, 9.17) is 11.6 Å². The highest BCUT2D eigenvalue weighted by Crippen LogP contribution is 2.29. The third-order valence-electron chi connectivity index (χ3n) is 3.96. The first-order chi connectivity index (χ1) is 13.0. The molecule has 2 heterocycles. The fraction of sp³-hybridized carbons (Fsp3) is 0.368. The van der Waals surface area contributed by atoms with Crippen LogP contribution in [0, 0.1) is 13.8 Å². The maximum Gasteiger partial charge on any atom is 0.196 e. The minimum atomic E-state index is 0.462. The van der Waals surface area contributed by atoms with E-state index >= 15 is 0 Å². The predicted molar refractivity (Wildman–Crippen MR) is 113 cm³/mol. The van der Waals surface area contributed by atoms with Gasteiger partial charge in [-0.15, -0.1) is 10.2 Å². The number of nitrogens with zero attached hydrogens (tertiary/aromatic N) is 5. The molecule has 0 fully saturated rings. The number of aryl methyl sites for hydroxylation is 2. The van der Waals surface area contributed by atoms with Crippen molar-refractivity contribution in [3.8, 4) is 5.69 Å². The third kappa shape index (κ3) is 5.24. The molecule has 0 aliphatic carbocycles. The van der Waals surface area contributed by atoms with Gasteiger partial charge < -0.3 is 0 Å². The summed E-state index contributed by atoms with van der Waals surface area (Å²) in [5.41, 5.74) is 2.95. The molecular formula is C19H22ClN5S2. The van der Waals surface area contributed by atoms with Crippen molar-refractivity contribution in [2.24, 2.45) is 0 Å². The van der Waals surface area contributed by atoms with Crippen molar-refractivity contribution in [3.63, 3.8) is 0 Å². The lowest BCUT2D eigenvalue weighted by Crippen LogP contribution is -2.04. The van der Waals surface area contributed by atoms with E-state index in [1.165, 1.54) is 0 Å². The van der Waals surface area contributed by atoms with Crippen LogP contribution in [0.25, 0.3) is 5.69 Å². The number of rotatable bonds is 7. The van der Waals surface area contributed by atoms with Gasteiger partial charge in [-0.2, -0.15) is 0 Å². The molecule has 0 saturated carbocycles. The van der Waals surface area contributed by atoms with Gasteiger partial charge in [0.1, 0.15) is 5.82 Å². The van der Waals surface area contributed by atoms with Crippen molar-refractivity contribution in [1.29, 1.82) is 0 Å². The SMILES string of the molecule is CC[C@@H](C)Sc1nnc(CSc2nc(C)cc(C)n2)n1-c1ccc(Cl)cc1. The Morgan fingerprint density at radius 1 is 1.07 bits per heavy atom. The number of halogens is 1. The largest absolute Gasteiger partial charge is 0.273 e. The maximum atomic E-state index is 6.06. The van der Waals surface area contributed by atoms with Crippen molar-refractivity contribution >= 4 is 35.1 Å². The number of benzene rings is 1. The number of thioether (sulfide) groups is 2. The van der Waals surface area contributed by atoms with Crippen molar-refractivity contribution in [2.45, 2.75) is 55.4 Å². The Labute approximate surface area is 173 Å². The summed E-state index contributed by atoms with van der Waals surface area (Å²) in [4.78, 5) is 9.01. The molecule has 0 amide bonds. The lowest BCUT2D eigenvalue weighted by molar-refractivity contribution is 0.840. The summed E-state index contributed by atoms with van der Waals surface area (Å²) in [6.45, 7) is 8.34. The van der Waals surface area contributed by atoms with E-state index in [0.717, 1.165) is 39.6 Å². The second kappa shape index (κ2) is 9.08. The summed E-state index contributed by atoms with van der Waals surface area (Å²) in [7, 11) is 0. The molecule has 3 rings (SSSR count). The number of hydrogen-bond acceptors (Lipinski definition) is 6. The minimum absolute atomic E-state index is 0.462. The van der Waals surface area contributed by atoms with Crippen molar-refractivity contribution in [1.82, 2.24) is 24.7 Å². The summed E-state index contributed by atoms with van der Waals surface area (Å²) >= 11 is 9.37. The summed E-state index contributed by atoms with van der Waals surface area (Å²) in [5.74, 6) is 1.51. The second-order valence-corrected chi connectivity index (χ2v) is 9.05. The Morgan fingerprint density at radius 3 is 2.37 bits per heavy atom. The zero-order valence-electron chi connectivity index (χ0n) is 15.8. The van der Waals surface area contributed by atoms with E-state index in [2.05, 4.69) is 38.6 Å². The average molecular weight is 420 g/mol. The molecule has 0 unspecified atom stereocenters. The van der Waals surface area contributed by atoms with E-state index in [9.17, 15) is 0 Å². The number of hydrogen-bond donors (Lipinski definition) is 0. The van der Waals surface area contributed by atoms with Gasteiger partial charge >= 0.3 is 0 Å². The average Bonchev–Trinajstić information content (AvgIpc) is 3.02. The van der Waals surface area contributed by atoms with E-state index in [0.29, 0.717) is 16.0 Å². The van der Waals surface area contributed by atoms with Crippen LogP contribution in [0.2, 0.25) is 5.02 Å². The molecule has 8 heteroatoms. The molecule has 0 spiro atoms. The minimum Gasteiger partial charge on any atom is -0.273 e. The van der Waals surface area contributed by atoms with Crippen LogP contribution >= 0.6 is 35.1 Å². The Hall–Kier alpha value is -1.57. The van der Waals surface area contributed by atoms with Gasteiger partial charge in [-0.1, -0.05) is 49.0 Å². The van der Waals surface area contributed by atoms with Crippen LogP contribution in [-0.4, -0.2) is 30.0 Å². The van der Waals surface area contributed by atoms with Crippen LogP contribution in [0.1, 0.15) is 37.5 Å². The topological polar surface area (TPSA) is 56.5 Å². The highest BCUT2D eigenvalue weighted by molar-refractivity contribution is 7.99. The fourth-order valence-electron chi connectivity index (χ4n) is 2.47. The summed E-state index contributed by atoms with van der Waals surface area (Å²) < 4.78 is 2.10. The molecule has 0 aliphatic rings. The van der Waals surface area contributed by atoms with Gasteiger partial charge in [0.05, 0.1) is 5.75 Å². The fourth-order valence-corrected chi connectivity index (χ4v) is 4.39. The van der Waals surface area contributed by atoms with E-state index in [1.807, 2.05) is 44.2 Å². The van der Waals surface area contributed by atoms with E-state index < -0.39 is 0 Å². The first-order valence-electron chi connectivity index (χ1n) is 8.78. The molecule has 1 atom stereocenters. The quantitative estimate of drug-likeness (QED) is 0.371. The van der Waals surface area contributed by atoms with Crippen LogP contribution < -0.4 is 0 Å². The van der Waals surface area contributed by atoms with E-state index in [1.54, 1.807) is 23.5 Å². The number of aromatic nitrogens is 5. The molecular weight excluding hydrogens is 398 g/mol. The van der Waals surface area contributed by atoms with Gasteiger partial charge in [0.2, 0.25) is 0 Å². The zero-order chi connectivity index (χ0) is 19.4. The molecule has 5 nitrogen and oxygen atoms in total. The molecule has 27 heavy (non-hydrogen) atoms. The molecule has 0 N–H and O–H groups in total. The van der Waals surface area contributed by atoms with Gasteiger partial charge in [-0.3, -0.25) is 4.57 Å². The molecule has 1 aromatic carbocycles. The lowest BCUT2D eigenvalue weighted by atomic mass is 10.3. The third-order valence-corrected chi connectivity index (χ3v) is 6.26. The summed E-state index contributed by atoms with van der Waals surface area (Å²) in [5, 5.41) is 11.7. The van der Waals surface area contributed by atoms with Crippen molar-refractivity contribution in [2.75, 3.05) is 0 Å². The Kier molecular flexibility index (Phi) is 6.78. The zero-order valence-corrected chi connectivity index (χ0v) is 18.2. The Balaban J connectivity index is 1.90. The van der Waals surface area contributed by atoms with Gasteiger partial charge in [0, 0.05) is 27.3 Å². The Bertz CT molecular complexity index is 891. The smallest absolute Gasteiger partial charge is 0.196 e. The standard InChI is InChI=1S/C19H22ClN5S2/c1-5-14(4)27-19-24-23-17(25(19)16-8-6-15(20)7-9-16)11-26-18-21-12(2)10-13(3)22-18/h6-10,14H,5,11H2,1-4H3/t14-/m1/s1. The van der Waals surface area contributed by atoms with Gasteiger partial charge in [0.25, 0.3) is 0 Å². The van der Waals surface area contributed by atoms with Crippen molar-refractivity contribution < 1.29 is 0 Å². The molecule has 142 valence electrons. The van der Waals surface area contributed by atoms with Crippen LogP contribution in [-0.2, 0) is 5.75 Å². The van der Waals surface area contributed by atoms with E-state index in [-0.39, 0.29) is 0 Å². The highest BCUT2D eigenvalue weighted by Gasteiger charge is 2.17. The van der Waals surface area contributed by atoms with Gasteiger partial charge in [0.15, 0.2) is 10.3 Å². The molecule has 3 aromatic rings. The normalized spacial score (nSPS) is 12.3. The van der Waals surface area contributed by atoms with Crippen molar-refractivity contribution in [3.05, 3.63) is 52.6 Å². The molecule has 2 aromatic heterocycles. The molecule has 0 aliphatic heterocycles. The Morgan fingerprint density at radius 2 is 1.74 bits per heavy atom. The molecule has 0 bridgehead atoms. The molecule has 0 saturated heterocycles. The van der Waals surface area contributed by atoms with Crippen LogP contribution in [0.3, 0.4) is 0 Å². The van der Waals surface area contributed by atoms with Gasteiger partial charge in [-0.25, -0.2) is 9.97 Å². The monoisotopic (exact) mass is 419 g/mol. The second-order valence-electron chi connectivity index (χ2n) is 6.27. The van der Waals surface area contributed by atoms with Crippen LogP contribution in [0.5, 0.6) is 0 Å². The van der Waals surface area contributed by atoms with Gasteiger partial charge in [-0.05, 0) is 50.6 Å². The first-order valence-corrected chi connectivity index (χ1v) is 11.0. The van der Waals surface area contributed by atoms with Crippen LogP contribution in [0.15, 0.2) is 40.6 Å². The highest BCUT2D eigenvalue weighted by atomic mass is 35.5. The molecule has 0 radical (unpaired) electrons. The van der Waals surface area contributed by atoms with Crippen LogP contribution in [0.4, 0.5) is 0 Å². The summed E-state index contributed by atoms with van der Waals surface area (Å²) in [6.07, 6.45) is 1.07. The maximum absolute atomic E-state index is 6.06. The first kappa shape index (κ1) is 20.2. The lowest BCUT2D eigenvalue weighted by Gasteiger charge is -2.12. The predicted octanol–water partition coefficient (Wildman–Crippen LogP) is 5.51.